The zero-order valence-corrected chi connectivity index (χ0v) is 19.2. The molecule has 10 nitrogen and oxygen atoms in total. The molecular weight excluding hydrogens is 412 g/mol. The first-order valence-electron chi connectivity index (χ1n) is 11.0. The molecule has 3 saturated heterocycles. The fraction of sp³-hybridized carbons (Fsp3) is 1.00. The highest BCUT2D eigenvalue weighted by atomic mass is 16.7. The smallest absolute Gasteiger partial charge is 0.161 e. The Morgan fingerprint density at radius 2 is 1.06 bits per heavy atom. The maximum absolute atomic E-state index is 10.2. The average molecular weight is 451 g/mol. The van der Waals surface area contributed by atoms with Gasteiger partial charge in [-0.2, -0.15) is 0 Å². The number of rotatable bonds is 7. The maximum atomic E-state index is 10.2. The second-order valence-corrected chi connectivity index (χ2v) is 8.56. The molecule has 0 aliphatic carbocycles. The molecule has 0 aromatic rings. The van der Waals surface area contributed by atoms with Gasteiger partial charge < -0.3 is 48.1 Å². The summed E-state index contributed by atoms with van der Waals surface area (Å²) in [5.41, 5.74) is 0. The molecule has 3 heterocycles. The Morgan fingerprint density at radius 1 is 0.613 bits per heavy atom. The summed E-state index contributed by atoms with van der Waals surface area (Å²) in [6.07, 6.45) is -4.26. The molecule has 0 saturated carbocycles. The number of aliphatic hydroxyl groups is 2. The summed E-state index contributed by atoms with van der Waals surface area (Å²) in [5, 5.41) is 20.0. The molecule has 31 heavy (non-hydrogen) atoms. The van der Waals surface area contributed by atoms with E-state index in [0.29, 0.717) is 19.3 Å². The monoisotopic (exact) mass is 450 g/mol. The minimum Gasteiger partial charge on any atom is -0.388 e. The van der Waals surface area contributed by atoms with Crippen LogP contribution in [0.4, 0.5) is 0 Å². The van der Waals surface area contributed by atoms with Crippen LogP contribution >= 0.6 is 0 Å². The Hall–Kier alpha value is -0.400. The van der Waals surface area contributed by atoms with Gasteiger partial charge in [0, 0.05) is 40.6 Å². The lowest BCUT2D eigenvalue weighted by Gasteiger charge is -2.45. The standard InChI is InChI=1S/C21H38O10/c1-10-19(23)13(24-4)8-17(28-10)30-21-12(3)29-18(9-15(21)26-6)31-20-11(2)27-16(22)7-14(20)25-5/h10-23H,7-9H2,1-6H3/t10-,11-,12-,13+,14+,15+,16?,17-,18-,19-,20-,21-/m0/s1. The van der Waals surface area contributed by atoms with Crippen molar-refractivity contribution in [3.63, 3.8) is 0 Å². The number of hydrogen-bond donors (Lipinski definition) is 2. The van der Waals surface area contributed by atoms with Crippen LogP contribution in [-0.4, -0.2) is 105 Å². The average Bonchev–Trinajstić information content (AvgIpc) is 2.73. The third-order valence-electron chi connectivity index (χ3n) is 6.43. The van der Waals surface area contributed by atoms with Crippen molar-refractivity contribution in [2.24, 2.45) is 0 Å². The summed E-state index contributed by atoms with van der Waals surface area (Å²) >= 11 is 0. The van der Waals surface area contributed by atoms with Crippen molar-refractivity contribution in [1.82, 2.24) is 0 Å². The third kappa shape index (κ3) is 5.94. The van der Waals surface area contributed by atoms with E-state index in [1.807, 2.05) is 13.8 Å². The Morgan fingerprint density at radius 3 is 1.61 bits per heavy atom. The highest BCUT2D eigenvalue weighted by Gasteiger charge is 2.45. The molecular formula is C21H38O10. The quantitative estimate of drug-likeness (QED) is 0.570. The van der Waals surface area contributed by atoms with E-state index in [1.54, 1.807) is 28.3 Å². The second kappa shape index (κ2) is 11.1. The van der Waals surface area contributed by atoms with Crippen molar-refractivity contribution in [3.8, 4) is 0 Å². The van der Waals surface area contributed by atoms with Gasteiger partial charge in [0.2, 0.25) is 0 Å². The summed E-state index contributed by atoms with van der Waals surface area (Å²) in [7, 11) is 4.79. The lowest BCUT2D eigenvalue weighted by atomic mass is 9.99. The molecule has 3 aliphatic heterocycles. The van der Waals surface area contributed by atoms with Crippen LogP contribution in [0.3, 0.4) is 0 Å². The molecule has 3 rings (SSSR count). The molecule has 1 unspecified atom stereocenters. The molecule has 10 heteroatoms. The van der Waals surface area contributed by atoms with Crippen LogP contribution in [0.5, 0.6) is 0 Å². The molecule has 0 aromatic carbocycles. The van der Waals surface area contributed by atoms with Gasteiger partial charge in [0.15, 0.2) is 18.9 Å². The summed E-state index contributed by atoms with van der Waals surface area (Å²) in [6.45, 7) is 5.54. The van der Waals surface area contributed by atoms with Gasteiger partial charge in [-0.1, -0.05) is 0 Å². The van der Waals surface area contributed by atoms with E-state index >= 15 is 0 Å². The van der Waals surface area contributed by atoms with E-state index in [0.717, 1.165) is 0 Å². The van der Waals surface area contributed by atoms with Gasteiger partial charge >= 0.3 is 0 Å². The predicted molar refractivity (Wildman–Crippen MR) is 107 cm³/mol. The Balaban J connectivity index is 1.60. The van der Waals surface area contributed by atoms with E-state index in [4.69, 9.17) is 37.9 Å². The first-order chi connectivity index (χ1) is 14.8. The van der Waals surface area contributed by atoms with E-state index in [1.165, 1.54) is 0 Å². The van der Waals surface area contributed by atoms with Crippen molar-refractivity contribution in [2.45, 2.75) is 114 Å². The first-order valence-corrected chi connectivity index (χ1v) is 11.0. The van der Waals surface area contributed by atoms with E-state index < -0.39 is 31.1 Å². The van der Waals surface area contributed by atoms with Gasteiger partial charge in [-0.3, -0.25) is 0 Å². The van der Waals surface area contributed by atoms with E-state index in [-0.39, 0.29) is 42.7 Å². The number of ether oxygens (including phenoxy) is 8. The molecule has 0 aromatic heterocycles. The summed E-state index contributed by atoms with van der Waals surface area (Å²) < 4.78 is 46.4. The largest absolute Gasteiger partial charge is 0.388 e. The molecule has 12 atom stereocenters. The van der Waals surface area contributed by atoms with Gasteiger partial charge in [0.25, 0.3) is 0 Å². The van der Waals surface area contributed by atoms with Crippen molar-refractivity contribution in [2.75, 3.05) is 21.3 Å². The zero-order chi connectivity index (χ0) is 22.7. The summed E-state index contributed by atoms with van der Waals surface area (Å²) in [5.74, 6) is 0. The van der Waals surface area contributed by atoms with Crippen LogP contribution in [0.15, 0.2) is 0 Å². The fourth-order valence-electron chi connectivity index (χ4n) is 4.64. The lowest BCUT2D eigenvalue weighted by Crippen LogP contribution is -2.56. The van der Waals surface area contributed by atoms with Crippen LogP contribution < -0.4 is 0 Å². The Kier molecular flexibility index (Phi) is 9.07. The fourth-order valence-corrected chi connectivity index (χ4v) is 4.64. The first kappa shape index (κ1) is 25.2. The van der Waals surface area contributed by atoms with Crippen molar-refractivity contribution in [3.05, 3.63) is 0 Å². The SMILES string of the molecule is CO[C@@H]1C[C@H](O[C@H]2[C@H](C)O[C@@H](O[C@H]3[C@H](C)OC(O)C[C@H]3OC)C[C@H]2OC)O[C@@H](C)[C@@H]1O. The van der Waals surface area contributed by atoms with Crippen LogP contribution in [0.1, 0.15) is 40.0 Å². The van der Waals surface area contributed by atoms with Gasteiger partial charge in [0.1, 0.15) is 18.3 Å². The molecule has 3 fully saturated rings. The zero-order valence-electron chi connectivity index (χ0n) is 19.2. The van der Waals surface area contributed by atoms with Crippen LogP contribution in [-0.2, 0) is 37.9 Å². The van der Waals surface area contributed by atoms with Crippen molar-refractivity contribution >= 4 is 0 Å². The van der Waals surface area contributed by atoms with Gasteiger partial charge in [-0.25, -0.2) is 0 Å². The molecule has 3 aliphatic rings. The van der Waals surface area contributed by atoms with Crippen LogP contribution in [0.2, 0.25) is 0 Å². The van der Waals surface area contributed by atoms with Gasteiger partial charge in [0.05, 0.1) is 36.6 Å². The number of aliphatic hydroxyl groups excluding tert-OH is 2. The number of methoxy groups -OCH3 is 3. The molecule has 182 valence electrons. The highest BCUT2D eigenvalue weighted by molar-refractivity contribution is 4.88. The van der Waals surface area contributed by atoms with Gasteiger partial charge in [-0.15, -0.1) is 0 Å². The Bertz CT molecular complexity index is 550. The van der Waals surface area contributed by atoms with Crippen molar-refractivity contribution in [1.29, 1.82) is 0 Å². The predicted octanol–water partition coefficient (Wildman–Crippen LogP) is 0.560. The third-order valence-corrected chi connectivity index (χ3v) is 6.43. The Labute approximate surface area is 184 Å². The normalized spacial score (nSPS) is 49.2. The summed E-state index contributed by atoms with van der Waals surface area (Å²) in [6, 6.07) is 0. The molecule has 2 N–H and O–H groups in total. The molecule has 0 amide bonds. The topological polar surface area (TPSA) is 114 Å². The maximum Gasteiger partial charge on any atom is 0.161 e. The highest BCUT2D eigenvalue weighted by Crippen LogP contribution is 2.33. The van der Waals surface area contributed by atoms with Crippen LogP contribution in [0, 0.1) is 0 Å². The lowest BCUT2D eigenvalue weighted by molar-refractivity contribution is -0.334. The van der Waals surface area contributed by atoms with Crippen LogP contribution in [0.25, 0.3) is 0 Å². The minimum atomic E-state index is -0.872. The second-order valence-electron chi connectivity index (χ2n) is 8.56. The summed E-state index contributed by atoms with van der Waals surface area (Å²) in [4.78, 5) is 0. The van der Waals surface area contributed by atoms with Crippen molar-refractivity contribution < 1.29 is 48.1 Å². The molecule has 0 spiro atoms. The van der Waals surface area contributed by atoms with Gasteiger partial charge in [-0.05, 0) is 20.8 Å². The molecule has 0 bridgehead atoms. The number of hydrogen-bond acceptors (Lipinski definition) is 10. The van der Waals surface area contributed by atoms with E-state index in [9.17, 15) is 10.2 Å². The molecule has 0 radical (unpaired) electrons. The minimum absolute atomic E-state index is 0.285. The van der Waals surface area contributed by atoms with E-state index in [2.05, 4.69) is 0 Å².